The zero-order chi connectivity index (χ0) is 14.2. The summed E-state index contributed by atoms with van der Waals surface area (Å²) < 4.78 is 0.802. The molecule has 0 spiro atoms. The van der Waals surface area contributed by atoms with Gasteiger partial charge in [0.25, 0.3) is 0 Å². The maximum absolute atomic E-state index is 5.97. The van der Waals surface area contributed by atoms with Crippen LogP contribution in [-0.4, -0.2) is 9.97 Å². The molecule has 2 N–H and O–H groups in total. The van der Waals surface area contributed by atoms with Gasteiger partial charge in [-0.05, 0) is 47.8 Å². The van der Waals surface area contributed by atoms with Crippen LogP contribution >= 0.6 is 15.9 Å². The Hall–Kier alpha value is -1.42. The van der Waals surface area contributed by atoms with Crippen LogP contribution in [0.4, 0.5) is 5.82 Å². The summed E-state index contributed by atoms with van der Waals surface area (Å²) in [5.41, 5.74) is 10.3. The van der Waals surface area contributed by atoms with E-state index < -0.39 is 0 Å². The van der Waals surface area contributed by atoms with Crippen LogP contribution < -0.4 is 5.73 Å². The van der Waals surface area contributed by atoms with Gasteiger partial charge in [-0.2, -0.15) is 0 Å². The van der Waals surface area contributed by atoms with Gasteiger partial charge in [-0.25, -0.2) is 9.97 Å². The Morgan fingerprint density at radius 1 is 1.05 bits per heavy atom. The van der Waals surface area contributed by atoms with Gasteiger partial charge in [0.15, 0.2) is 5.82 Å². The van der Waals surface area contributed by atoms with E-state index >= 15 is 0 Å². The SMILES string of the molecule is Cc1cc(C)cc(-c2nc(N)c(Br)c(C(C)C)n2)c1. The predicted molar refractivity (Wildman–Crippen MR) is 83.1 cm³/mol. The van der Waals surface area contributed by atoms with Crippen LogP contribution in [0.3, 0.4) is 0 Å². The minimum atomic E-state index is 0.296. The molecule has 0 aliphatic rings. The Kier molecular flexibility index (Phi) is 3.90. The number of nitrogen functional groups attached to an aromatic ring is 1. The Morgan fingerprint density at radius 2 is 1.63 bits per heavy atom. The van der Waals surface area contributed by atoms with Crippen LogP contribution in [0.15, 0.2) is 22.7 Å². The van der Waals surface area contributed by atoms with E-state index in [4.69, 9.17) is 5.73 Å². The second-order valence-electron chi connectivity index (χ2n) is 5.16. The van der Waals surface area contributed by atoms with Crippen molar-refractivity contribution >= 4 is 21.7 Å². The maximum Gasteiger partial charge on any atom is 0.161 e. The molecule has 100 valence electrons. The van der Waals surface area contributed by atoms with Crippen LogP contribution in [-0.2, 0) is 0 Å². The summed E-state index contributed by atoms with van der Waals surface area (Å²) in [5.74, 6) is 1.48. The standard InChI is InChI=1S/C15H18BrN3/c1-8(2)13-12(16)14(17)19-15(18-13)11-6-9(3)5-10(4)7-11/h5-8H,1-4H3,(H2,17,18,19). The fraction of sp³-hybridized carbons (Fsp3) is 0.333. The van der Waals surface area contributed by atoms with E-state index in [0.717, 1.165) is 15.7 Å². The number of benzene rings is 1. The lowest BCUT2D eigenvalue weighted by Crippen LogP contribution is -2.04. The molecule has 0 aliphatic heterocycles. The lowest BCUT2D eigenvalue weighted by molar-refractivity contribution is 0.811. The van der Waals surface area contributed by atoms with Gasteiger partial charge < -0.3 is 5.73 Å². The highest BCUT2D eigenvalue weighted by Gasteiger charge is 2.14. The molecular weight excluding hydrogens is 302 g/mol. The van der Waals surface area contributed by atoms with Crippen LogP contribution in [0.25, 0.3) is 11.4 Å². The molecule has 2 rings (SSSR count). The monoisotopic (exact) mass is 319 g/mol. The number of aromatic nitrogens is 2. The Morgan fingerprint density at radius 3 is 2.16 bits per heavy atom. The minimum absolute atomic E-state index is 0.296. The highest BCUT2D eigenvalue weighted by atomic mass is 79.9. The number of anilines is 1. The summed E-state index contributed by atoms with van der Waals surface area (Å²) in [6.45, 7) is 8.33. The van der Waals surface area contributed by atoms with Crippen molar-refractivity contribution in [3.8, 4) is 11.4 Å². The van der Waals surface area contributed by atoms with Crippen LogP contribution in [0.2, 0.25) is 0 Å². The zero-order valence-corrected chi connectivity index (χ0v) is 13.2. The first-order chi connectivity index (χ1) is 8.88. The van der Waals surface area contributed by atoms with Crippen molar-refractivity contribution < 1.29 is 0 Å². The molecule has 0 bridgehead atoms. The average Bonchev–Trinajstić information content (AvgIpc) is 2.30. The molecule has 3 nitrogen and oxygen atoms in total. The first-order valence-electron chi connectivity index (χ1n) is 6.30. The summed E-state index contributed by atoms with van der Waals surface area (Å²) in [5, 5.41) is 0. The molecule has 0 amide bonds. The summed E-state index contributed by atoms with van der Waals surface area (Å²) in [6.07, 6.45) is 0. The number of hydrogen-bond acceptors (Lipinski definition) is 3. The van der Waals surface area contributed by atoms with Crippen LogP contribution in [0.5, 0.6) is 0 Å². The number of rotatable bonds is 2. The van der Waals surface area contributed by atoms with Gasteiger partial charge in [0, 0.05) is 5.56 Å². The molecule has 0 atom stereocenters. The number of nitrogens with zero attached hydrogens (tertiary/aromatic N) is 2. The van der Waals surface area contributed by atoms with Gasteiger partial charge in [0.2, 0.25) is 0 Å². The number of halogens is 1. The second kappa shape index (κ2) is 5.29. The van der Waals surface area contributed by atoms with E-state index in [1.54, 1.807) is 0 Å². The molecule has 0 fully saturated rings. The van der Waals surface area contributed by atoms with E-state index in [-0.39, 0.29) is 0 Å². The molecule has 4 heteroatoms. The topological polar surface area (TPSA) is 51.8 Å². The molecular formula is C15H18BrN3. The Balaban J connectivity index is 2.62. The van der Waals surface area contributed by atoms with Gasteiger partial charge in [-0.3, -0.25) is 0 Å². The molecule has 0 unspecified atom stereocenters. The zero-order valence-electron chi connectivity index (χ0n) is 11.7. The molecule has 1 aromatic heterocycles. The predicted octanol–water partition coefficient (Wildman–Crippen LogP) is 4.23. The summed E-state index contributed by atoms with van der Waals surface area (Å²) in [6, 6.07) is 6.30. The third-order valence-corrected chi connectivity index (χ3v) is 3.74. The molecule has 19 heavy (non-hydrogen) atoms. The van der Waals surface area contributed by atoms with Gasteiger partial charge in [0.05, 0.1) is 10.2 Å². The average molecular weight is 320 g/mol. The van der Waals surface area contributed by atoms with Crippen molar-refractivity contribution in [2.24, 2.45) is 0 Å². The lowest BCUT2D eigenvalue weighted by Gasteiger charge is -2.12. The summed E-state index contributed by atoms with van der Waals surface area (Å²) in [7, 11) is 0. The first-order valence-corrected chi connectivity index (χ1v) is 7.09. The number of hydrogen-bond donors (Lipinski definition) is 1. The Bertz CT molecular complexity index is 601. The third-order valence-electron chi connectivity index (χ3n) is 2.93. The van der Waals surface area contributed by atoms with E-state index in [0.29, 0.717) is 17.6 Å². The molecule has 2 aromatic rings. The Labute approximate surface area is 122 Å². The summed E-state index contributed by atoms with van der Waals surface area (Å²) >= 11 is 3.47. The number of aryl methyl sites for hydroxylation is 2. The lowest BCUT2D eigenvalue weighted by atomic mass is 10.1. The molecule has 0 radical (unpaired) electrons. The van der Waals surface area contributed by atoms with E-state index in [2.05, 4.69) is 71.8 Å². The smallest absolute Gasteiger partial charge is 0.161 e. The van der Waals surface area contributed by atoms with Gasteiger partial charge in [0.1, 0.15) is 5.82 Å². The fourth-order valence-corrected chi connectivity index (χ4v) is 2.73. The third kappa shape index (κ3) is 2.95. The normalized spacial score (nSPS) is 11.1. The van der Waals surface area contributed by atoms with Crippen molar-refractivity contribution in [3.63, 3.8) is 0 Å². The van der Waals surface area contributed by atoms with Gasteiger partial charge in [-0.15, -0.1) is 0 Å². The van der Waals surface area contributed by atoms with Crippen molar-refractivity contribution in [1.29, 1.82) is 0 Å². The van der Waals surface area contributed by atoms with Crippen molar-refractivity contribution in [2.45, 2.75) is 33.6 Å². The van der Waals surface area contributed by atoms with Gasteiger partial charge >= 0.3 is 0 Å². The largest absolute Gasteiger partial charge is 0.383 e. The van der Waals surface area contributed by atoms with Crippen molar-refractivity contribution in [3.05, 3.63) is 39.5 Å². The molecule has 0 saturated carbocycles. The van der Waals surface area contributed by atoms with Crippen LogP contribution in [0, 0.1) is 13.8 Å². The maximum atomic E-state index is 5.97. The highest BCUT2D eigenvalue weighted by Crippen LogP contribution is 2.30. The first kappa shape index (κ1) is 14.0. The van der Waals surface area contributed by atoms with E-state index in [9.17, 15) is 0 Å². The molecule has 1 heterocycles. The fourth-order valence-electron chi connectivity index (χ4n) is 2.10. The van der Waals surface area contributed by atoms with E-state index in [1.165, 1.54) is 11.1 Å². The van der Waals surface area contributed by atoms with Crippen LogP contribution in [0.1, 0.15) is 36.6 Å². The molecule has 1 aromatic carbocycles. The van der Waals surface area contributed by atoms with Crippen molar-refractivity contribution in [2.75, 3.05) is 5.73 Å². The van der Waals surface area contributed by atoms with E-state index in [1.807, 2.05) is 0 Å². The minimum Gasteiger partial charge on any atom is -0.383 e. The van der Waals surface area contributed by atoms with Gasteiger partial charge in [-0.1, -0.05) is 31.0 Å². The second-order valence-corrected chi connectivity index (χ2v) is 5.96. The molecule has 0 aliphatic carbocycles. The quantitative estimate of drug-likeness (QED) is 0.901. The highest BCUT2D eigenvalue weighted by molar-refractivity contribution is 9.10. The van der Waals surface area contributed by atoms with Crippen molar-refractivity contribution in [1.82, 2.24) is 9.97 Å². The summed E-state index contributed by atoms with van der Waals surface area (Å²) in [4.78, 5) is 9.04. The molecule has 0 saturated heterocycles. The number of nitrogens with two attached hydrogens (primary N) is 1.